The largest absolute Gasteiger partial charge is 0.326 e. The molecule has 2 rings (SSSR count). The maximum absolute atomic E-state index is 12.9. The van der Waals surface area contributed by atoms with E-state index in [1.165, 1.54) is 18.2 Å². The van der Waals surface area contributed by atoms with Gasteiger partial charge >= 0.3 is 0 Å². The summed E-state index contributed by atoms with van der Waals surface area (Å²) in [7, 11) is 0. The summed E-state index contributed by atoms with van der Waals surface area (Å²) in [5.74, 6) is -0.891. The standard InChI is InChI=1S/C12H12ClFN2O/c13-10-6-9(3-4-11(10)14)16-12(17)7-1-2-8(15)5-7/h1-4,6-8H,5,15H2,(H,16,17). The highest BCUT2D eigenvalue weighted by molar-refractivity contribution is 6.31. The van der Waals surface area contributed by atoms with Gasteiger partial charge in [-0.25, -0.2) is 4.39 Å². The summed E-state index contributed by atoms with van der Waals surface area (Å²) in [5, 5.41) is 2.66. The van der Waals surface area contributed by atoms with Crippen LogP contribution in [0.3, 0.4) is 0 Å². The Kier molecular flexibility index (Phi) is 3.45. The molecular weight excluding hydrogens is 243 g/mol. The van der Waals surface area contributed by atoms with Gasteiger partial charge in [0.2, 0.25) is 5.91 Å². The van der Waals surface area contributed by atoms with Gasteiger partial charge in [-0.1, -0.05) is 23.8 Å². The van der Waals surface area contributed by atoms with Gasteiger partial charge in [-0.05, 0) is 24.6 Å². The molecule has 1 aromatic carbocycles. The molecule has 0 fully saturated rings. The van der Waals surface area contributed by atoms with Crippen molar-refractivity contribution in [3.63, 3.8) is 0 Å². The predicted molar refractivity (Wildman–Crippen MR) is 65.3 cm³/mol. The van der Waals surface area contributed by atoms with Gasteiger partial charge in [-0.3, -0.25) is 4.79 Å². The molecule has 1 aliphatic carbocycles. The second-order valence-corrected chi connectivity index (χ2v) is 4.42. The van der Waals surface area contributed by atoms with Gasteiger partial charge in [0.05, 0.1) is 10.9 Å². The zero-order valence-corrected chi connectivity index (χ0v) is 9.75. The van der Waals surface area contributed by atoms with Gasteiger partial charge in [-0.15, -0.1) is 0 Å². The monoisotopic (exact) mass is 254 g/mol. The fraction of sp³-hybridized carbons (Fsp3) is 0.250. The molecule has 90 valence electrons. The third-order valence-electron chi connectivity index (χ3n) is 2.64. The summed E-state index contributed by atoms with van der Waals surface area (Å²) >= 11 is 5.62. The van der Waals surface area contributed by atoms with E-state index in [9.17, 15) is 9.18 Å². The highest BCUT2D eigenvalue weighted by atomic mass is 35.5. The van der Waals surface area contributed by atoms with Gasteiger partial charge in [0.15, 0.2) is 0 Å². The Bertz CT molecular complexity index is 476. The van der Waals surface area contributed by atoms with Crippen LogP contribution in [0.5, 0.6) is 0 Å². The van der Waals surface area contributed by atoms with Crippen molar-refractivity contribution in [2.75, 3.05) is 5.32 Å². The maximum Gasteiger partial charge on any atom is 0.231 e. The van der Waals surface area contributed by atoms with Crippen molar-refractivity contribution in [2.24, 2.45) is 11.7 Å². The second kappa shape index (κ2) is 4.85. The summed E-state index contributed by atoms with van der Waals surface area (Å²) in [4.78, 5) is 11.8. The summed E-state index contributed by atoms with van der Waals surface area (Å²) in [6.07, 6.45) is 4.19. The molecular formula is C12H12ClFN2O. The van der Waals surface area contributed by atoms with Crippen molar-refractivity contribution in [1.82, 2.24) is 0 Å². The van der Waals surface area contributed by atoms with Crippen LogP contribution >= 0.6 is 11.6 Å². The topological polar surface area (TPSA) is 55.1 Å². The average Bonchev–Trinajstić information content (AvgIpc) is 2.70. The highest BCUT2D eigenvalue weighted by Gasteiger charge is 2.22. The summed E-state index contributed by atoms with van der Waals surface area (Å²) in [6, 6.07) is 4.00. The SMILES string of the molecule is NC1C=CC(C(=O)Nc2ccc(F)c(Cl)c2)C1. The minimum absolute atomic E-state index is 0.0125. The van der Waals surface area contributed by atoms with Crippen molar-refractivity contribution in [3.8, 4) is 0 Å². The van der Waals surface area contributed by atoms with Crippen LogP contribution in [-0.4, -0.2) is 11.9 Å². The quantitative estimate of drug-likeness (QED) is 0.796. The molecule has 1 aliphatic rings. The molecule has 2 atom stereocenters. The zero-order chi connectivity index (χ0) is 12.4. The molecule has 0 aromatic heterocycles. The van der Waals surface area contributed by atoms with Crippen molar-refractivity contribution < 1.29 is 9.18 Å². The maximum atomic E-state index is 12.9. The van der Waals surface area contributed by atoms with Crippen LogP contribution in [0.15, 0.2) is 30.4 Å². The van der Waals surface area contributed by atoms with Gasteiger partial charge in [0.1, 0.15) is 5.82 Å². The second-order valence-electron chi connectivity index (χ2n) is 4.01. The number of carbonyl (C=O) groups is 1. The molecule has 0 saturated carbocycles. The van der Waals surface area contributed by atoms with Crippen LogP contribution in [0, 0.1) is 11.7 Å². The lowest BCUT2D eigenvalue weighted by atomic mass is 10.1. The van der Waals surface area contributed by atoms with E-state index in [2.05, 4.69) is 5.32 Å². The van der Waals surface area contributed by atoms with E-state index in [0.29, 0.717) is 12.1 Å². The van der Waals surface area contributed by atoms with E-state index in [0.717, 1.165) is 0 Å². The molecule has 5 heteroatoms. The van der Waals surface area contributed by atoms with E-state index in [4.69, 9.17) is 17.3 Å². The number of hydrogen-bond acceptors (Lipinski definition) is 2. The van der Waals surface area contributed by atoms with Crippen molar-refractivity contribution in [1.29, 1.82) is 0 Å². The van der Waals surface area contributed by atoms with E-state index in [1.54, 1.807) is 6.08 Å². The molecule has 0 bridgehead atoms. The van der Waals surface area contributed by atoms with Gasteiger partial charge in [-0.2, -0.15) is 0 Å². The number of anilines is 1. The number of nitrogens with two attached hydrogens (primary N) is 1. The van der Waals surface area contributed by atoms with Crippen LogP contribution in [-0.2, 0) is 4.79 Å². The third kappa shape index (κ3) is 2.84. The van der Waals surface area contributed by atoms with Crippen LogP contribution < -0.4 is 11.1 Å². The van der Waals surface area contributed by atoms with Gasteiger partial charge in [0.25, 0.3) is 0 Å². The number of carbonyl (C=O) groups excluding carboxylic acids is 1. The lowest BCUT2D eigenvalue weighted by molar-refractivity contribution is -0.118. The van der Waals surface area contributed by atoms with Gasteiger partial charge < -0.3 is 11.1 Å². The van der Waals surface area contributed by atoms with E-state index in [1.807, 2.05) is 6.08 Å². The molecule has 3 nitrogen and oxygen atoms in total. The number of nitrogens with one attached hydrogen (secondary N) is 1. The Labute approximate surface area is 103 Å². The van der Waals surface area contributed by atoms with Crippen LogP contribution in [0.25, 0.3) is 0 Å². The first-order chi connectivity index (χ1) is 8.06. The summed E-state index contributed by atoms with van der Waals surface area (Å²) in [5.41, 5.74) is 6.14. The number of rotatable bonds is 2. The van der Waals surface area contributed by atoms with Crippen molar-refractivity contribution in [3.05, 3.63) is 41.2 Å². The zero-order valence-electron chi connectivity index (χ0n) is 8.99. The fourth-order valence-electron chi connectivity index (χ4n) is 1.73. The van der Waals surface area contributed by atoms with Crippen molar-refractivity contribution in [2.45, 2.75) is 12.5 Å². The molecule has 1 amide bonds. The first kappa shape index (κ1) is 12.1. The Balaban J connectivity index is 2.03. The minimum Gasteiger partial charge on any atom is -0.326 e. The number of hydrogen-bond donors (Lipinski definition) is 2. The smallest absolute Gasteiger partial charge is 0.231 e. The minimum atomic E-state index is -0.507. The number of amides is 1. The van der Waals surface area contributed by atoms with Crippen LogP contribution in [0.2, 0.25) is 5.02 Å². The molecule has 3 N–H and O–H groups in total. The molecule has 0 spiro atoms. The van der Waals surface area contributed by atoms with Crippen LogP contribution in [0.1, 0.15) is 6.42 Å². The predicted octanol–water partition coefficient (Wildman–Crippen LogP) is 2.32. The number of benzene rings is 1. The summed E-state index contributed by atoms with van der Waals surface area (Å²) < 4.78 is 12.9. The van der Waals surface area contributed by atoms with Gasteiger partial charge in [0, 0.05) is 11.7 Å². The summed E-state index contributed by atoms with van der Waals surface area (Å²) in [6.45, 7) is 0. The lowest BCUT2D eigenvalue weighted by Crippen LogP contribution is -2.23. The Morgan fingerprint density at radius 2 is 2.24 bits per heavy atom. The van der Waals surface area contributed by atoms with E-state index < -0.39 is 5.82 Å². The van der Waals surface area contributed by atoms with Crippen molar-refractivity contribution >= 4 is 23.2 Å². The Morgan fingerprint density at radius 3 is 2.82 bits per heavy atom. The molecule has 1 aromatic rings. The molecule has 0 radical (unpaired) electrons. The van der Waals surface area contributed by atoms with Crippen LogP contribution in [0.4, 0.5) is 10.1 Å². The Morgan fingerprint density at radius 1 is 1.47 bits per heavy atom. The first-order valence-electron chi connectivity index (χ1n) is 5.26. The third-order valence-corrected chi connectivity index (χ3v) is 2.93. The average molecular weight is 255 g/mol. The molecule has 17 heavy (non-hydrogen) atoms. The number of halogens is 2. The first-order valence-corrected chi connectivity index (χ1v) is 5.64. The molecule has 2 unspecified atom stereocenters. The molecule has 0 heterocycles. The highest BCUT2D eigenvalue weighted by Crippen LogP contribution is 2.22. The van der Waals surface area contributed by atoms with E-state index >= 15 is 0 Å². The molecule has 0 saturated heterocycles. The Hall–Kier alpha value is -1.39. The van der Waals surface area contributed by atoms with E-state index in [-0.39, 0.29) is 22.9 Å². The fourth-order valence-corrected chi connectivity index (χ4v) is 1.91. The molecule has 0 aliphatic heterocycles. The normalized spacial score (nSPS) is 22.8. The lowest BCUT2D eigenvalue weighted by Gasteiger charge is -2.10.